The summed E-state index contributed by atoms with van der Waals surface area (Å²) in [5, 5.41) is 13.5. The molecule has 1 rings (SSSR count). The van der Waals surface area contributed by atoms with E-state index in [1.807, 2.05) is 13.8 Å². The lowest BCUT2D eigenvalue weighted by Gasteiger charge is -2.02. The number of nitroso groups, excluding NO2 is 1. The van der Waals surface area contributed by atoms with Gasteiger partial charge in [0.15, 0.2) is 0 Å². The summed E-state index contributed by atoms with van der Waals surface area (Å²) in [6.07, 6.45) is 1.80. The predicted molar refractivity (Wildman–Crippen MR) is 73.9 cm³/mol. The average Bonchev–Trinajstić information content (AvgIpc) is 2.40. The summed E-state index contributed by atoms with van der Waals surface area (Å²) in [5.74, 6) is 6.08. The number of nitrogens with two attached hydrogens (primary N) is 1. The third-order valence-electron chi connectivity index (χ3n) is 2.84. The van der Waals surface area contributed by atoms with E-state index in [4.69, 9.17) is 5.73 Å². The van der Waals surface area contributed by atoms with Crippen LogP contribution in [0.1, 0.15) is 32.3 Å². The van der Waals surface area contributed by atoms with Gasteiger partial charge in [0.1, 0.15) is 11.4 Å². The second-order valence-electron chi connectivity index (χ2n) is 4.06. The van der Waals surface area contributed by atoms with Gasteiger partial charge in [-0.25, -0.2) is 0 Å². The molecule has 0 amide bonds. The Labute approximate surface area is 111 Å². The molecule has 0 aliphatic heterocycles. The van der Waals surface area contributed by atoms with Crippen molar-refractivity contribution in [3.8, 4) is 11.8 Å². The Morgan fingerprint density at radius 2 is 2.05 bits per heavy atom. The van der Waals surface area contributed by atoms with E-state index in [2.05, 4.69) is 17.0 Å². The van der Waals surface area contributed by atoms with Crippen LogP contribution in [0.15, 0.2) is 17.3 Å². The molecule has 6 heteroatoms. The van der Waals surface area contributed by atoms with E-state index in [9.17, 15) is 15.0 Å². The normalized spacial score (nSPS) is 9.84. The standard InChI is InChI=1S/C13H15N3O3/c1-3-9(4-2)5-6-10-7-11(15-17)13(14)12(8-10)16(18)19/h7-9H,3-4,14H2,1-2H3. The van der Waals surface area contributed by atoms with Crippen LogP contribution in [0, 0.1) is 32.8 Å². The Hall–Kier alpha value is -2.42. The molecule has 100 valence electrons. The van der Waals surface area contributed by atoms with Gasteiger partial charge in [-0.1, -0.05) is 25.7 Å². The predicted octanol–water partition coefficient (Wildman–Crippen LogP) is 3.36. The zero-order valence-electron chi connectivity index (χ0n) is 10.8. The highest BCUT2D eigenvalue weighted by atomic mass is 16.6. The first-order valence-electron chi connectivity index (χ1n) is 5.96. The number of nitro benzene ring substituents is 1. The molecule has 0 unspecified atom stereocenters. The number of nitro groups is 1. The fourth-order valence-corrected chi connectivity index (χ4v) is 1.60. The number of nitrogens with zero attached hydrogens (tertiary/aromatic N) is 2. The third kappa shape index (κ3) is 3.52. The first-order chi connectivity index (χ1) is 9.03. The molecule has 0 fully saturated rings. The summed E-state index contributed by atoms with van der Waals surface area (Å²) >= 11 is 0. The Morgan fingerprint density at radius 1 is 1.42 bits per heavy atom. The van der Waals surface area contributed by atoms with Crippen molar-refractivity contribution in [1.29, 1.82) is 0 Å². The van der Waals surface area contributed by atoms with Crippen molar-refractivity contribution in [2.24, 2.45) is 11.1 Å². The largest absolute Gasteiger partial charge is 0.391 e. The van der Waals surface area contributed by atoms with Crippen molar-refractivity contribution in [2.75, 3.05) is 5.73 Å². The monoisotopic (exact) mass is 261 g/mol. The van der Waals surface area contributed by atoms with E-state index >= 15 is 0 Å². The molecule has 2 N–H and O–H groups in total. The molecule has 0 aliphatic rings. The smallest absolute Gasteiger partial charge is 0.295 e. The van der Waals surface area contributed by atoms with Gasteiger partial charge >= 0.3 is 0 Å². The molecule has 0 bridgehead atoms. The van der Waals surface area contributed by atoms with E-state index in [0.717, 1.165) is 12.8 Å². The van der Waals surface area contributed by atoms with Gasteiger partial charge in [-0.2, -0.15) is 0 Å². The van der Waals surface area contributed by atoms with Crippen molar-refractivity contribution in [2.45, 2.75) is 26.7 Å². The van der Waals surface area contributed by atoms with Gasteiger partial charge in [-0.15, -0.1) is 4.91 Å². The highest BCUT2D eigenvalue weighted by molar-refractivity contribution is 5.76. The highest BCUT2D eigenvalue weighted by Crippen LogP contribution is 2.32. The molecule has 0 radical (unpaired) electrons. The lowest BCUT2D eigenvalue weighted by Crippen LogP contribution is -1.97. The second kappa shape index (κ2) is 6.50. The van der Waals surface area contributed by atoms with E-state index in [-0.39, 0.29) is 23.0 Å². The fourth-order valence-electron chi connectivity index (χ4n) is 1.60. The van der Waals surface area contributed by atoms with Crippen molar-refractivity contribution in [3.05, 3.63) is 32.7 Å². The van der Waals surface area contributed by atoms with Gasteiger partial charge in [-0.3, -0.25) is 10.1 Å². The highest BCUT2D eigenvalue weighted by Gasteiger charge is 2.17. The van der Waals surface area contributed by atoms with Gasteiger partial charge < -0.3 is 5.73 Å². The molecule has 0 saturated carbocycles. The van der Waals surface area contributed by atoms with E-state index in [1.54, 1.807) is 0 Å². The molecule has 0 heterocycles. The van der Waals surface area contributed by atoms with Crippen molar-refractivity contribution >= 4 is 17.1 Å². The molecule has 0 aromatic heterocycles. The average molecular weight is 261 g/mol. The minimum absolute atomic E-state index is 0.150. The second-order valence-corrected chi connectivity index (χ2v) is 4.06. The number of hydrogen-bond acceptors (Lipinski definition) is 5. The van der Waals surface area contributed by atoms with E-state index in [1.165, 1.54) is 12.1 Å². The molecule has 0 spiro atoms. The van der Waals surface area contributed by atoms with Crippen LogP contribution in [-0.2, 0) is 0 Å². The number of benzene rings is 1. The van der Waals surface area contributed by atoms with E-state index < -0.39 is 4.92 Å². The molecule has 0 aliphatic carbocycles. The van der Waals surface area contributed by atoms with Gasteiger partial charge in [0.2, 0.25) is 0 Å². The van der Waals surface area contributed by atoms with Crippen LogP contribution in [0.25, 0.3) is 0 Å². The Balaban J connectivity index is 3.26. The molecule has 1 aromatic rings. The van der Waals surface area contributed by atoms with Crippen molar-refractivity contribution in [1.82, 2.24) is 0 Å². The Morgan fingerprint density at radius 3 is 2.53 bits per heavy atom. The Bertz CT molecular complexity index is 554. The minimum atomic E-state index is -0.647. The van der Waals surface area contributed by atoms with Crippen molar-refractivity contribution < 1.29 is 4.92 Å². The maximum atomic E-state index is 10.8. The third-order valence-corrected chi connectivity index (χ3v) is 2.84. The van der Waals surface area contributed by atoms with Gasteiger partial charge in [0.05, 0.1) is 4.92 Å². The summed E-state index contributed by atoms with van der Waals surface area (Å²) in [7, 11) is 0. The van der Waals surface area contributed by atoms with Gasteiger partial charge in [0, 0.05) is 17.5 Å². The summed E-state index contributed by atoms with van der Waals surface area (Å²) in [6.45, 7) is 4.04. The lowest BCUT2D eigenvalue weighted by molar-refractivity contribution is -0.383. The minimum Gasteiger partial charge on any atom is -0.391 e. The molecule has 0 atom stereocenters. The van der Waals surface area contributed by atoms with Crippen LogP contribution in [-0.4, -0.2) is 4.92 Å². The van der Waals surface area contributed by atoms with Crippen molar-refractivity contribution in [3.63, 3.8) is 0 Å². The quantitative estimate of drug-likeness (QED) is 0.295. The van der Waals surface area contributed by atoms with Gasteiger partial charge in [-0.05, 0) is 24.1 Å². The topological polar surface area (TPSA) is 98.6 Å². The molecular weight excluding hydrogens is 246 g/mol. The number of hydrogen-bond donors (Lipinski definition) is 1. The first-order valence-corrected chi connectivity index (χ1v) is 5.96. The molecule has 6 nitrogen and oxygen atoms in total. The van der Waals surface area contributed by atoms with Crippen LogP contribution in [0.3, 0.4) is 0 Å². The summed E-state index contributed by atoms with van der Waals surface area (Å²) in [5.41, 5.74) is 5.15. The molecule has 19 heavy (non-hydrogen) atoms. The van der Waals surface area contributed by atoms with Crippen LogP contribution >= 0.6 is 0 Å². The van der Waals surface area contributed by atoms with Crippen LogP contribution < -0.4 is 5.73 Å². The maximum Gasteiger partial charge on any atom is 0.295 e. The SMILES string of the molecule is CCC(C#Cc1cc(N=O)c(N)c([N+](=O)[O-])c1)CC. The summed E-state index contributed by atoms with van der Waals surface area (Å²) in [6, 6.07) is 2.63. The number of nitrogen functional groups attached to an aromatic ring is 1. The summed E-state index contributed by atoms with van der Waals surface area (Å²) < 4.78 is 0. The van der Waals surface area contributed by atoms with Crippen LogP contribution in [0.2, 0.25) is 0 Å². The molecule has 0 saturated heterocycles. The summed E-state index contributed by atoms with van der Waals surface area (Å²) in [4.78, 5) is 20.8. The van der Waals surface area contributed by atoms with Gasteiger partial charge in [0.25, 0.3) is 5.69 Å². The fraction of sp³-hybridized carbons (Fsp3) is 0.385. The Kier molecular flexibility index (Phi) is 5.01. The van der Waals surface area contributed by atoms with Crippen LogP contribution in [0.4, 0.5) is 17.1 Å². The first kappa shape index (κ1) is 14.6. The molecular formula is C13H15N3O3. The zero-order valence-corrected chi connectivity index (χ0v) is 10.8. The molecule has 1 aromatic carbocycles. The maximum absolute atomic E-state index is 10.8. The zero-order chi connectivity index (χ0) is 14.4. The number of anilines is 1. The lowest BCUT2D eigenvalue weighted by atomic mass is 10.0. The van der Waals surface area contributed by atoms with E-state index in [0.29, 0.717) is 5.56 Å². The number of rotatable bonds is 4. The van der Waals surface area contributed by atoms with Crippen LogP contribution in [0.5, 0.6) is 0 Å².